The van der Waals surface area contributed by atoms with E-state index in [1.54, 1.807) is 17.5 Å². The van der Waals surface area contributed by atoms with Gasteiger partial charge in [0.2, 0.25) is 0 Å². The van der Waals surface area contributed by atoms with E-state index in [9.17, 15) is 4.79 Å². The predicted molar refractivity (Wildman–Crippen MR) is 95.3 cm³/mol. The van der Waals surface area contributed by atoms with Gasteiger partial charge in [-0.25, -0.2) is 9.78 Å². The van der Waals surface area contributed by atoms with Crippen LogP contribution in [0.3, 0.4) is 0 Å². The zero-order chi connectivity index (χ0) is 16.4. The highest BCUT2D eigenvalue weighted by molar-refractivity contribution is 7.10. The second-order valence-electron chi connectivity index (χ2n) is 5.90. The first-order valence-corrected chi connectivity index (χ1v) is 8.75. The molecule has 6 heteroatoms. The Kier molecular flexibility index (Phi) is 4.52. The summed E-state index contributed by atoms with van der Waals surface area (Å²) in [6.07, 6.45) is 3.57. The molecule has 2 amide bonds. The topological polar surface area (TPSA) is 48.5 Å². The Hall–Kier alpha value is -2.08. The molecule has 3 heterocycles. The van der Waals surface area contributed by atoms with Crippen molar-refractivity contribution in [2.45, 2.75) is 25.8 Å². The first-order valence-electron chi connectivity index (χ1n) is 7.87. The number of amides is 2. The van der Waals surface area contributed by atoms with Crippen LogP contribution in [-0.4, -0.2) is 36.6 Å². The molecule has 0 spiro atoms. The molecule has 1 aliphatic rings. The number of rotatable bonds is 3. The van der Waals surface area contributed by atoms with Gasteiger partial charge in [0.1, 0.15) is 5.82 Å². The highest BCUT2D eigenvalue weighted by Gasteiger charge is 2.30. The minimum Gasteiger partial charge on any atom is -0.363 e. The highest BCUT2D eigenvalue weighted by Crippen LogP contribution is 2.35. The lowest BCUT2D eigenvalue weighted by Crippen LogP contribution is -2.41. The number of nitrogens with zero attached hydrogens (tertiary/aromatic N) is 3. The molecule has 1 N–H and O–H groups in total. The average molecular weight is 330 g/mol. The van der Waals surface area contributed by atoms with E-state index >= 15 is 0 Å². The molecule has 0 saturated heterocycles. The van der Waals surface area contributed by atoms with Crippen molar-refractivity contribution in [3.63, 3.8) is 0 Å². The molecule has 1 aliphatic heterocycles. The van der Waals surface area contributed by atoms with Crippen molar-refractivity contribution in [3.8, 4) is 0 Å². The summed E-state index contributed by atoms with van der Waals surface area (Å²) in [5.74, 6) is 0.871. The van der Waals surface area contributed by atoms with E-state index in [0.717, 1.165) is 30.9 Å². The number of carbonyl (C=O) groups excluding carboxylic acids is 1. The van der Waals surface area contributed by atoms with E-state index in [0.29, 0.717) is 0 Å². The second kappa shape index (κ2) is 6.58. The monoisotopic (exact) mass is 330 g/mol. The maximum absolute atomic E-state index is 12.7. The zero-order valence-corrected chi connectivity index (χ0v) is 14.6. The summed E-state index contributed by atoms with van der Waals surface area (Å²) in [6, 6.07) is 6.06. The number of hydrogen-bond acceptors (Lipinski definition) is 4. The quantitative estimate of drug-likeness (QED) is 0.932. The zero-order valence-electron chi connectivity index (χ0n) is 13.7. The number of aromatic nitrogens is 1. The molecule has 5 nitrogen and oxygen atoms in total. The summed E-state index contributed by atoms with van der Waals surface area (Å²) < 4.78 is 0. The van der Waals surface area contributed by atoms with Crippen LogP contribution in [0.15, 0.2) is 29.8 Å². The van der Waals surface area contributed by atoms with E-state index < -0.39 is 0 Å². The SMILES string of the molecule is CCC1c2ccsc2CCN1C(=O)Nc1ccc(N(C)C)nc1. The van der Waals surface area contributed by atoms with E-state index in [2.05, 4.69) is 28.7 Å². The van der Waals surface area contributed by atoms with Gasteiger partial charge in [0.15, 0.2) is 0 Å². The van der Waals surface area contributed by atoms with Gasteiger partial charge in [-0.15, -0.1) is 11.3 Å². The largest absolute Gasteiger partial charge is 0.363 e. The van der Waals surface area contributed by atoms with Gasteiger partial charge in [-0.2, -0.15) is 0 Å². The molecule has 0 aliphatic carbocycles. The fourth-order valence-electron chi connectivity index (χ4n) is 3.00. The molecule has 23 heavy (non-hydrogen) atoms. The molecular weight excluding hydrogens is 308 g/mol. The standard InChI is InChI=1S/C17H22N4OS/c1-4-14-13-8-10-23-15(13)7-9-21(14)17(22)19-12-5-6-16(18-11-12)20(2)3/h5-6,8,10-11,14H,4,7,9H2,1-3H3,(H,19,22). The first kappa shape index (κ1) is 15.8. The minimum absolute atomic E-state index is 0.0481. The molecular formula is C17H22N4OS. The third kappa shape index (κ3) is 3.17. The fraction of sp³-hybridized carbons (Fsp3) is 0.412. The van der Waals surface area contributed by atoms with Gasteiger partial charge in [-0.05, 0) is 42.0 Å². The van der Waals surface area contributed by atoms with Crippen molar-refractivity contribution in [2.24, 2.45) is 0 Å². The third-order valence-corrected chi connectivity index (χ3v) is 5.20. The van der Waals surface area contributed by atoms with Gasteiger partial charge in [0, 0.05) is 25.5 Å². The molecule has 0 radical (unpaired) electrons. The lowest BCUT2D eigenvalue weighted by atomic mass is 9.98. The van der Waals surface area contributed by atoms with Crippen molar-refractivity contribution in [1.29, 1.82) is 0 Å². The van der Waals surface area contributed by atoms with Gasteiger partial charge in [0.05, 0.1) is 17.9 Å². The van der Waals surface area contributed by atoms with Crippen molar-refractivity contribution >= 4 is 28.9 Å². The Balaban J connectivity index is 1.73. The first-order chi connectivity index (χ1) is 11.1. The molecule has 1 atom stereocenters. The summed E-state index contributed by atoms with van der Waals surface area (Å²) in [5, 5.41) is 5.10. The van der Waals surface area contributed by atoms with Crippen LogP contribution >= 0.6 is 11.3 Å². The van der Waals surface area contributed by atoms with Crippen LogP contribution in [0.5, 0.6) is 0 Å². The third-order valence-electron chi connectivity index (χ3n) is 4.20. The Morgan fingerprint density at radius 2 is 2.26 bits per heavy atom. The molecule has 0 aromatic carbocycles. The van der Waals surface area contributed by atoms with E-state index in [1.165, 1.54) is 10.4 Å². The number of pyridine rings is 1. The van der Waals surface area contributed by atoms with Gasteiger partial charge in [-0.3, -0.25) is 0 Å². The maximum atomic E-state index is 12.7. The molecule has 0 saturated carbocycles. The van der Waals surface area contributed by atoms with E-state index in [1.807, 2.05) is 36.0 Å². The Morgan fingerprint density at radius 3 is 2.91 bits per heavy atom. The van der Waals surface area contributed by atoms with E-state index in [-0.39, 0.29) is 12.1 Å². The molecule has 2 aromatic rings. The van der Waals surface area contributed by atoms with Crippen LogP contribution in [-0.2, 0) is 6.42 Å². The van der Waals surface area contributed by atoms with Crippen molar-refractivity contribution < 1.29 is 4.79 Å². The van der Waals surface area contributed by atoms with Gasteiger partial charge in [-0.1, -0.05) is 6.92 Å². The van der Waals surface area contributed by atoms with Gasteiger partial charge in [0.25, 0.3) is 0 Å². The average Bonchev–Trinajstić information content (AvgIpc) is 3.02. The number of anilines is 2. The Bertz CT molecular complexity index is 680. The minimum atomic E-state index is -0.0481. The second-order valence-corrected chi connectivity index (χ2v) is 6.90. The van der Waals surface area contributed by atoms with Crippen LogP contribution in [0.2, 0.25) is 0 Å². The Morgan fingerprint density at radius 1 is 1.43 bits per heavy atom. The van der Waals surface area contributed by atoms with Crippen molar-refractivity contribution in [1.82, 2.24) is 9.88 Å². The number of hydrogen-bond donors (Lipinski definition) is 1. The van der Waals surface area contributed by atoms with Crippen LogP contribution < -0.4 is 10.2 Å². The summed E-state index contributed by atoms with van der Waals surface area (Å²) in [4.78, 5) is 22.3. The van der Waals surface area contributed by atoms with Gasteiger partial charge < -0.3 is 15.1 Å². The van der Waals surface area contributed by atoms with E-state index in [4.69, 9.17) is 0 Å². The summed E-state index contributed by atoms with van der Waals surface area (Å²) in [6.45, 7) is 2.90. The number of thiophene rings is 1. The molecule has 0 bridgehead atoms. The van der Waals surface area contributed by atoms with Crippen LogP contribution in [0.4, 0.5) is 16.3 Å². The molecule has 0 fully saturated rings. The summed E-state index contributed by atoms with van der Waals surface area (Å²) in [5.41, 5.74) is 2.03. The highest BCUT2D eigenvalue weighted by atomic mass is 32.1. The summed E-state index contributed by atoms with van der Waals surface area (Å²) in [7, 11) is 3.89. The molecule has 122 valence electrons. The number of urea groups is 1. The molecule has 2 aromatic heterocycles. The number of fused-ring (bicyclic) bond motifs is 1. The number of carbonyl (C=O) groups is 1. The predicted octanol–water partition coefficient (Wildman–Crippen LogP) is 3.75. The normalized spacial score (nSPS) is 16.8. The molecule has 1 unspecified atom stereocenters. The fourth-order valence-corrected chi connectivity index (χ4v) is 3.93. The summed E-state index contributed by atoms with van der Waals surface area (Å²) >= 11 is 1.79. The maximum Gasteiger partial charge on any atom is 0.322 e. The smallest absolute Gasteiger partial charge is 0.322 e. The number of nitrogens with one attached hydrogen (secondary N) is 1. The molecule has 3 rings (SSSR count). The Labute approximate surface area is 140 Å². The lowest BCUT2D eigenvalue weighted by molar-refractivity contribution is 0.181. The van der Waals surface area contributed by atoms with Gasteiger partial charge >= 0.3 is 6.03 Å². The van der Waals surface area contributed by atoms with Crippen LogP contribution in [0.1, 0.15) is 29.8 Å². The van der Waals surface area contributed by atoms with Crippen molar-refractivity contribution in [3.05, 3.63) is 40.2 Å². The lowest BCUT2D eigenvalue weighted by Gasteiger charge is -2.35. The van der Waals surface area contributed by atoms with Crippen LogP contribution in [0.25, 0.3) is 0 Å². The van der Waals surface area contributed by atoms with Crippen molar-refractivity contribution in [2.75, 3.05) is 30.9 Å². The van der Waals surface area contributed by atoms with Crippen LogP contribution in [0, 0.1) is 0 Å².